The average molecular weight is 525 g/mol. The van der Waals surface area contributed by atoms with E-state index in [1.54, 1.807) is 37.4 Å². The third kappa shape index (κ3) is 6.01. The van der Waals surface area contributed by atoms with Crippen LogP contribution in [-0.2, 0) is 11.3 Å². The van der Waals surface area contributed by atoms with Crippen LogP contribution in [0, 0.1) is 5.82 Å². The fourth-order valence-corrected chi connectivity index (χ4v) is 4.70. The molecule has 0 fully saturated rings. The second-order valence-electron chi connectivity index (χ2n) is 8.12. The molecule has 0 saturated heterocycles. The van der Waals surface area contributed by atoms with Gasteiger partial charge in [-0.3, -0.25) is 9.36 Å². The minimum Gasteiger partial charge on any atom is -0.497 e. The lowest BCUT2D eigenvalue weighted by Gasteiger charge is -2.21. The topological polar surface area (TPSA) is 50.6 Å². The van der Waals surface area contributed by atoms with Crippen molar-refractivity contribution in [2.45, 2.75) is 11.7 Å². The number of anilines is 2. The third-order valence-electron chi connectivity index (χ3n) is 5.71. The Hall–Kier alpha value is -3.49. The molecule has 1 amide bonds. The van der Waals surface area contributed by atoms with Crippen LogP contribution in [0.15, 0.2) is 84.1 Å². The third-order valence-corrected chi connectivity index (χ3v) is 6.90. The van der Waals surface area contributed by atoms with Crippen molar-refractivity contribution < 1.29 is 13.9 Å². The fourth-order valence-electron chi connectivity index (χ4n) is 3.65. The van der Waals surface area contributed by atoms with E-state index in [4.69, 9.17) is 16.3 Å². The predicted octanol–water partition coefficient (Wildman–Crippen LogP) is 6.06. The summed E-state index contributed by atoms with van der Waals surface area (Å²) < 4.78 is 20.6. The molecule has 4 aromatic rings. The maximum absolute atomic E-state index is 13.4. The Morgan fingerprint density at radius 2 is 1.64 bits per heavy atom. The molecule has 4 rings (SSSR count). The number of benzene rings is 3. The second-order valence-corrected chi connectivity index (χ2v) is 9.49. The lowest BCUT2D eigenvalue weighted by molar-refractivity contribution is -0.115. The summed E-state index contributed by atoms with van der Waals surface area (Å²) in [6.45, 7) is 0.529. The predicted molar refractivity (Wildman–Crippen MR) is 144 cm³/mol. The van der Waals surface area contributed by atoms with Crippen molar-refractivity contribution in [1.29, 1.82) is 0 Å². The number of thioether (sulfide) groups is 1. The van der Waals surface area contributed by atoms with Gasteiger partial charge >= 0.3 is 0 Å². The highest BCUT2D eigenvalue weighted by Gasteiger charge is 2.18. The number of amides is 1. The second kappa shape index (κ2) is 11.5. The van der Waals surface area contributed by atoms with Gasteiger partial charge in [0.25, 0.3) is 0 Å². The molecular formula is C27H26ClFN4O2S. The summed E-state index contributed by atoms with van der Waals surface area (Å²) in [7, 11) is 5.29. The first-order valence-corrected chi connectivity index (χ1v) is 12.5. The van der Waals surface area contributed by atoms with E-state index < -0.39 is 0 Å². The number of nitrogens with zero attached hydrogens (tertiary/aromatic N) is 4. The van der Waals surface area contributed by atoms with Crippen molar-refractivity contribution in [2.24, 2.45) is 0 Å². The van der Waals surface area contributed by atoms with E-state index in [1.807, 2.05) is 65.0 Å². The van der Waals surface area contributed by atoms with Crippen LogP contribution >= 0.6 is 23.4 Å². The van der Waals surface area contributed by atoms with Gasteiger partial charge < -0.3 is 14.5 Å². The van der Waals surface area contributed by atoms with Gasteiger partial charge in [0.1, 0.15) is 11.6 Å². The van der Waals surface area contributed by atoms with E-state index in [9.17, 15) is 9.18 Å². The van der Waals surface area contributed by atoms with Gasteiger partial charge in [-0.15, -0.1) is 0 Å². The van der Waals surface area contributed by atoms with Crippen molar-refractivity contribution >= 4 is 40.6 Å². The fraction of sp³-hybridized carbons (Fsp3) is 0.185. The summed E-state index contributed by atoms with van der Waals surface area (Å²) in [6, 6.07) is 21.2. The molecule has 0 N–H and O–H groups in total. The van der Waals surface area contributed by atoms with E-state index in [1.165, 1.54) is 23.9 Å². The highest BCUT2D eigenvalue weighted by molar-refractivity contribution is 7.99. The minimum atomic E-state index is -0.277. The minimum absolute atomic E-state index is 0.0548. The number of hydrogen-bond donors (Lipinski definition) is 0. The lowest BCUT2D eigenvalue weighted by atomic mass is 10.2. The molecule has 0 atom stereocenters. The van der Waals surface area contributed by atoms with Gasteiger partial charge in [-0.2, -0.15) is 0 Å². The molecule has 0 aliphatic heterocycles. The van der Waals surface area contributed by atoms with E-state index in [-0.39, 0.29) is 17.5 Å². The van der Waals surface area contributed by atoms with E-state index >= 15 is 0 Å². The molecule has 0 unspecified atom stereocenters. The van der Waals surface area contributed by atoms with Gasteiger partial charge in [0.05, 0.1) is 31.3 Å². The molecule has 9 heteroatoms. The van der Waals surface area contributed by atoms with Crippen LogP contribution in [0.3, 0.4) is 0 Å². The van der Waals surface area contributed by atoms with E-state index in [2.05, 4.69) is 4.98 Å². The highest BCUT2D eigenvalue weighted by Crippen LogP contribution is 2.27. The van der Waals surface area contributed by atoms with Gasteiger partial charge in [-0.05, 0) is 72.8 Å². The normalized spacial score (nSPS) is 10.8. The average Bonchev–Trinajstić information content (AvgIpc) is 3.29. The Bertz CT molecular complexity index is 1310. The maximum atomic E-state index is 13.4. The number of halogens is 2. The van der Waals surface area contributed by atoms with Gasteiger partial charge in [0.15, 0.2) is 5.16 Å². The van der Waals surface area contributed by atoms with Crippen molar-refractivity contribution in [2.75, 3.05) is 36.8 Å². The number of ether oxygens (including phenoxy) is 1. The quantitative estimate of drug-likeness (QED) is 0.249. The molecule has 0 aliphatic carbocycles. The zero-order chi connectivity index (χ0) is 25.7. The van der Waals surface area contributed by atoms with Crippen LogP contribution < -0.4 is 14.5 Å². The van der Waals surface area contributed by atoms with E-state index in [0.29, 0.717) is 16.7 Å². The number of rotatable bonds is 9. The number of aromatic nitrogens is 2. The summed E-state index contributed by atoms with van der Waals surface area (Å²) in [5.74, 6) is 0.611. The monoisotopic (exact) mass is 524 g/mol. The summed E-state index contributed by atoms with van der Waals surface area (Å²) in [6.07, 6.45) is 1.80. The van der Waals surface area contributed by atoms with Gasteiger partial charge in [0.2, 0.25) is 5.91 Å². The number of methoxy groups -OCH3 is 1. The number of hydrogen-bond acceptors (Lipinski definition) is 5. The number of imidazole rings is 1. The van der Waals surface area contributed by atoms with Crippen LogP contribution in [0.2, 0.25) is 5.02 Å². The number of carbonyl (C=O) groups is 1. The molecule has 186 valence electrons. The van der Waals surface area contributed by atoms with E-state index in [0.717, 1.165) is 28.5 Å². The molecular weight excluding hydrogens is 499 g/mol. The zero-order valence-corrected chi connectivity index (χ0v) is 21.8. The van der Waals surface area contributed by atoms with Crippen LogP contribution in [0.5, 0.6) is 5.75 Å². The van der Waals surface area contributed by atoms with Crippen molar-refractivity contribution in [3.63, 3.8) is 0 Å². The largest absolute Gasteiger partial charge is 0.497 e. The van der Waals surface area contributed by atoms with Crippen molar-refractivity contribution in [1.82, 2.24) is 9.55 Å². The van der Waals surface area contributed by atoms with Gasteiger partial charge in [-0.25, -0.2) is 9.37 Å². The SMILES string of the molecule is COc1ccc(N(C)C(=O)CSc2ncc(CN(C)c3ccc(F)cc3)n2-c2ccc(Cl)cc2)cc1. The molecule has 0 saturated carbocycles. The summed E-state index contributed by atoms with van der Waals surface area (Å²) in [4.78, 5) is 21.2. The van der Waals surface area contributed by atoms with Crippen LogP contribution in [0.1, 0.15) is 5.69 Å². The lowest BCUT2D eigenvalue weighted by Crippen LogP contribution is -2.28. The molecule has 0 spiro atoms. The van der Waals surface area contributed by atoms with Gasteiger partial charge in [-0.1, -0.05) is 23.4 Å². The maximum Gasteiger partial charge on any atom is 0.237 e. The molecule has 1 aromatic heterocycles. The molecule has 0 aliphatic rings. The molecule has 36 heavy (non-hydrogen) atoms. The summed E-state index contributed by atoms with van der Waals surface area (Å²) in [5, 5.41) is 1.32. The van der Waals surface area contributed by atoms with Crippen molar-refractivity contribution in [3.05, 3.63) is 95.5 Å². The first-order chi connectivity index (χ1) is 17.4. The Balaban J connectivity index is 1.54. The summed E-state index contributed by atoms with van der Waals surface area (Å²) in [5.41, 5.74) is 3.47. The summed E-state index contributed by atoms with van der Waals surface area (Å²) >= 11 is 7.48. The Morgan fingerprint density at radius 1 is 1.00 bits per heavy atom. The molecule has 0 bridgehead atoms. The Labute approximate surface area is 219 Å². The Morgan fingerprint density at radius 3 is 2.28 bits per heavy atom. The number of carbonyl (C=O) groups excluding carboxylic acids is 1. The molecule has 1 heterocycles. The van der Waals surface area contributed by atoms with Crippen LogP contribution in [-0.4, -0.2) is 42.4 Å². The smallest absolute Gasteiger partial charge is 0.237 e. The molecule has 0 radical (unpaired) electrons. The zero-order valence-electron chi connectivity index (χ0n) is 20.2. The van der Waals surface area contributed by atoms with Crippen molar-refractivity contribution in [3.8, 4) is 11.4 Å². The molecule has 6 nitrogen and oxygen atoms in total. The van der Waals surface area contributed by atoms with Crippen LogP contribution in [0.4, 0.5) is 15.8 Å². The highest BCUT2D eigenvalue weighted by atomic mass is 35.5. The van der Waals surface area contributed by atoms with Gasteiger partial charge in [0, 0.05) is 36.2 Å². The first kappa shape index (κ1) is 25.6. The standard InChI is InChI=1S/C27H26ClFN4O2S/c1-31(21-10-6-20(29)7-11-21)17-24-16-30-27(33(24)23-8-4-19(28)5-9-23)36-18-26(34)32(2)22-12-14-25(35-3)15-13-22/h4-16H,17-18H2,1-3H3. The molecule has 3 aromatic carbocycles. The Kier molecular flexibility index (Phi) is 8.18. The van der Waals surface area contributed by atoms with Crippen LogP contribution in [0.25, 0.3) is 5.69 Å². The first-order valence-electron chi connectivity index (χ1n) is 11.2.